The maximum atomic E-state index is 13.1. The Hall–Kier alpha value is -3.10. The van der Waals surface area contributed by atoms with Gasteiger partial charge in [-0.3, -0.25) is 9.59 Å². The predicted molar refractivity (Wildman–Crippen MR) is 120 cm³/mol. The molecule has 6 nitrogen and oxygen atoms in total. The van der Waals surface area contributed by atoms with Crippen molar-refractivity contribution in [2.75, 3.05) is 18.4 Å². The van der Waals surface area contributed by atoms with Crippen LogP contribution in [0.1, 0.15) is 49.5 Å². The zero-order valence-electron chi connectivity index (χ0n) is 18.9. The smallest absolute Gasteiger partial charge is 0.353 e. The Morgan fingerprint density at radius 2 is 1.79 bits per heavy atom. The highest BCUT2D eigenvalue weighted by molar-refractivity contribution is 5.99. The molecule has 0 spiro atoms. The number of rotatable bonds is 6. The summed E-state index contributed by atoms with van der Waals surface area (Å²) in [5, 5.41) is 5.88. The second-order valence-electron chi connectivity index (χ2n) is 8.71. The van der Waals surface area contributed by atoms with E-state index in [1.54, 1.807) is 17.0 Å². The SMILES string of the molecule is CC(C)C(C)NC(=O)C1CCN(C(=O)c2cccnc2Nc2cccc(C(F)(F)F)c2)CC1. The molecule has 1 aromatic carbocycles. The Bertz CT molecular complexity index is 986. The molecule has 2 N–H and O–H groups in total. The minimum Gasteiger partial charge on any atom is -0.353 e. The van der Waals surface area contributed by atoms with Crippen molar-refractivity contribution >= 4 is 23.3 Å². The first-order valence-electron chi connectivity index (χ1n) is 11.0. The molecular weight excluding hydrogens is 433 g/mol. The number of nitrogens with zero attached hydrogens (tertiary/aromatic N) is 2. The van der Waals surface area contributed by atoms with E-state index >= 15 is 0 Å². The standard InChI is InChI=1S/C24H29F3N4O2/c1-15(2)16(3)29-22(32)17-9-12-31(13-10-17)23(33)20-8-5-11-28-21(20)30-19-7-4-6-18(14-19)24(25,26)27/h4-8,11,14-17H,9-10,12-13H2,1-3H3,(H,28,30)(H,29,32). The van der Waals surface area contributed by atoms with Crippen molar-refractivity contribution in [2.24, 2.45) is 11.8 Å². The van der Waals surface area contributed by atoms with Gasteiger partial charge in [0.05, 0.1) is 11.1 Å². The molecule has 1 fully saturated rings. The molecule has 1 aliphatic heterocycles. The second kappa shape index (κ2) is 10.2. The number of anilines is 2. The number of carbonyl (C=O) groups excluding carboxylic acids is 2. The van der Waals surface area contributed by atoms with Crippen LogP contribution in [0.3, 0.4) is 0 Å². The first-order chi connectivity index (χ1) is 15.6. The van der Waals surface area contributed by atoms with Gasteiger partial charge in [-0.15, -0.1) is 0 Å². The van der Waals surface area contributed by atoms with Gasteiger partial charge in [0.2, 0.25) is 5.91 Å². The summed E-state index contributed by atoms with van der Waals surface area (Å²) >= 11 is 0. The van der Waals surface area contributed by atoms with Crippen molar-refractivity contribution in [3.05, 3.63) is 53.7 Å². The number of pyridine rings is 1. The van der Waals surface area contributed by atoms with Crippen molar-refractivity contribution in [1.82, 2.24) is 15.2 Å². The van der Waals surface area contributed by atoms with Crippen LogP contribution >= 0.6 is 0 Å². The number of piperidine rings is 1. The first-order valence-corrected chi connectivity index (χ1v) is 11.0. The maximum absolute atomic E-state index is 13.1. The van der Waals surface area contributed by atoms with Crippen molar-refractivity contribution < 1.29 is 22.8 Å². The fraction of sp³-hybridized carbons (Fsp3) is 0.458. The largest absolute Gasteiger partial charge is 0.416 e. The van der Waals surface area contributed by atoms with Crippen molar-refractivity contribution in [2.45, 2.75) is 45.8 Å². The molecule has 0 radical (unpaired) electrons. The topological polar surface area (TPSA) is 74.3 Å². The summed E-state index contributed by atoms with van der Waals surface area (Å²) in [5.74, 6) is 0.117. The number of amides is 2. The molecule has 2 amide bonds. The summed E-state index contributed by atoms with van der Waals surface area (Å²) < 4.78 is 39.1. The molecule has 0 saturated carbocycles. The normalized spacial score (nSPS) is 15.9. The summed E-state index contributed by atoms with van der Waals surface area (Å²) in [6.45, 7) is 6.91. The third-order valence-electron chi connectivity index (χ3n) is 6.01. The van der Waals surface area contributed by atoms with Crippen molar-refractivity contribution in [3.8, 4) is 0 Å². The molecule has 3 rings (SSSR count). The second-order valence-corrected chi connectivity index (χ2v) is 8.71. The van der Waals surface area contributed by atoms with Crippen LogP contribution in [0.25, 0.3) is 0 Å². The van der Waals surface area contributed by atoms with Gasteiger partial charge in [-0.1, -0.05) is 19.9 Å². The fourth-order valence-corrected chi connectivity index (χ4v) is 3.61. The lowest BCUT2D eigenvalue weighted by atomic mass is 9.94. The molecule has 33 heavy (non-hydrogen) atoms. The maximum Gasteiger partial charge on any atom is 0.416 e. The highest BCUT2D eigenvalue weighted by Crippen LogP contribution is 2.32. The van der Waals surface area contributed by atoms with E-state index in [9.17, 15) is 22.8 Å². The van der Waals surface area contributed by atoms with E-state index in [1.165, 1.54) is 18.3 Å². The third kappa shape index (κ3) is 6.24. The van der Waals surface area contributed by atoms with E-state index < -0.39 is 11.7 Å². The van der Waals surface area contributed by atoms with Crippen LogP contribution in [-0.2, 0) is 11.0 Å². The molecule has 1 aromatic heterocycles. The monoisotopic (exact) mass is 462 g/mol. The van der Waals surface area contributed by atoms with Gasteiger partial charge in [0.15, 0.2) is 0 Å². The van der Waals surface area contributed by atoms with Crippen molar-refractivity contribution in [1.29, 1.82) is 0 Å². The number of halogens is 3. The fourth-order valence-electron chi connectivity index (χ4n) is 3.61. The van der Waals surface area contributed by atoms with E-state index in [0.29, 0.717) is 31.8 Å². The number of likely N-dealkylation sites (tertiary alicyclic amines) is 1. The number of benzene rings is 1. The Labute approximate surface area is 191 Å². The molecule has 1 aliphatic rings. The van der Waals surface area contributed by atoms with Gasteiger partial charge < -0.3 is 15.5 Å². The molecule has 1 atom stereocenters. The summed E-state index contributed by atoms with van der Waals surface area (Å²) in [6.07, 6.45) is -1.89. The van der Waals surface area contributed by atoms with Crippen LogP contribution in [0.5, 0.6) is 0 Å². The lowest BCUT2D eigenvalue weighted by Gasteiger charge is -2.32. The van der Waals surface area contributed by atoms with Crippen LogP contribution in [0.2, 0.25) is 0 Å². The minimum absolute atomic E-state index is 0.0107. The lowest BCUT2D eigenvalue weighted by molar-refractivity contribution is -0.137. The summed E-state index contributed by atoms with van der Waals surface area (Å²) in [5.41, 5.74) is -0.332. The minimum atomic E-state index is -4.47. The predicted octanol–water partition coefficient (Wildman–Crippen LogP) is 4.86. The molecule has 0 aliphatic carbocycles. The third-order valence-corrected chi connectivity index (χ3v) is 6.01. The van der Waals surface area contributed by atoms with Crippen LogP contribution in [0.15, 0.2) is 42.6 Å². The van der Waals surface area contributed by atoms with Gasteiger partial charge in [-0.05, 0) is 56.0 Å². The molecule has 0 bridgehead atoms. The number of nitrogens with one attached hydrogen (secondary N) is 2. The molecule has 1 unspecified atom stereocenters. The van der Waals surface area contributed by atoms with E-state index in [4.69, 9.17) is 0 Å². The quantitative estimate of drug-likeness (QED) is 0.643. The molecule has 178 valence electrons. The zero-order valence-corrected chi connectivity index (χ0v) is 18.9. The Morgan fingerprint density at radius 3 is 2.42 bits per heavy atom. The highest BCUT2D eigenvalue weighted by atomic mass is 19.4. The summed E-state index contributed by atoms with van der Waals surface area (Å²) in [4.78, 5) is 31.5. The first kappa shape index (κ1) is 24.5. The number of alkyl halides is 3. The summed E-state index contributed by atoms with van der Waals surface area (Å²) in [6, 6.07) is 8.03. The number of hydrogen-bond acceptors (Lipinski definition) is 4. The van der Waals surface area contributed by atoms with E-state index in [1.807, 2.05) is 20.8 Å². The van der Waals surface area contributed by atoms with Crippen LogP contribution in [0, 0.1) is 11.8 Å². The van der Waals surface area contributed by atoms with Gasteiger partial charge >= 0.3 is 6.18 Å². The van der Waals surface area contributed by atoms with Crippen LogP contribution in [-0.4, -0.2) is 40.8 Å². The number of hydrogen-bond donors (Lipinski definition) is 2. The molecule has 1 saturated heterocycles. The Morgan fingerprint density at radius 1 is 1.09 bits per heavy atom. The molecule has 2 aromatic rings. The molecule has 2 heterocycles. The Balaban J connectivity index is 1.67. The summed E-state index contributed by atoms with van der Waals surface area (Å²) in [7, 11) is 0. The van der Waals surface area contributed by atoms with Gasteiger partial charge in [-0.25, -0.2) is 4.98 Å². The van der Waals surface area contributed by atoms with Crippen LogP contribution in [0.4, 0.5) is 24.7 Å². The van der Waals surface area contributed by atoms with Crippen LogP contribution < -0.4 is 10.6 Å². The lowest BCUT2D eigenvalue weighted by Crippen LogP contribution is -2.45. The zero-order chi connectivity index (χ0) is 24.2. The van der Waals surface area contributed by atoms with Crippen molar-refractivity contribution in [3.63, 3.8) is 0 Å². The average molecular weight is 463 g/mol. The highest BCUT2D eigenvalue weighted by Gasteiger charge is 2.31. The van der Waals surface area contributed by atoms with Gasteiger partial charge in [-0.2, -0.15) is 13.2 Å². The van der Waals surface area contributed by atoms with Gasteiger partial charge in [0.1, 0.15) is 5.82 Å². The average Bonchev–Trinajstić information content (AvgIpc) is 2.78. The Kier molecular flexibility index (Phi) is 7.61. The van der Waals surface area contributed by atoms with Gasteiger partial charge in [0, 0.05) is 36.9 Å². The number of aromatic nitrogens is 1. The number of carbonyl (C=O) groups is 2. The van der Waals surface area contributed by atoms with E-state index in [2.05, 4.69) is 15.6 Å². The molecular formula is C24H29F3N4O2. The van der Waals surface area contributed by atoms with E-state index in [0.717, 1.165) is 12.1 Å². The molecule has 9 heteroatoms. The van der Waals surface area contributed by atoms with Gasteiger partial charge in [0.25, 0.3) is 5.91 Å². The van der Waals surface area contributed by atoms with E-state index in [-0.39, 0.29) is 40.8 Å².